The van der Waals surface area contributed by atoms with Crippen molar-refractivity contribution >= 4 is 29.0 Å². The van der Waals surface area contributed by atoms with Gasteiger partial charge in [-0.05, 0) is 24.3 Å². The molecule has 2 aromatic rings. The number of hydrogen-bond donors (Lipinski definition) is 6. The minimum atomic E-state index is -0.115. The molecule has 0 unspecified atom stereocenters. The fraction of sp³-hybridized carbons (Fsp3) is 0.278. The number of phenols is 2. The number of anilines is 4. The molecule has 0 aliphatic carbocycles. The van der Waals surface area contributed by atoms with Crippen LogP contribution in [0.4, 0.5) is 22.7 Å². The molecular formula is C18H23N3O5. The molecule has 8 heteroatoms. The number of phenolic OH excluding ortho intramolecular Hbond substituents is 2. The van der Waals surface area contributed by atoms with Gasteiger partial charge in [-0.15, -0.1) is 0 Å². The summed E-state index contributed by atoms with van der Waals surface area (Å²) < 4.78 is 0. The summed E-state index contributed by atoms with van der Waals surface area (Å²) in [6, 6.07) is 9.89. The van der Waals surface area contributed by atoms with Crippen LogP contribution >= 0.6 is 0 Å². The fourth-order valence-corrected chi connectivity index (χ4v) is 2.52. The third-order valence-electron chi connectivity index (χ3n) is 3.72. The molecule has 0 fully saturated rings. The highest BCUT2D eigenvalue weighted by molar-refractivity contribution is 5.78. The molecule has 0 radical (unpaired) electrons. The van der Waals surface area contributed by atoms with Crippen molar-refractivity contribution in [3.05, 3.63) is 36.4 Å². The van der Waals surface area contributed by atoms with E-state index >= 15 is 0 Å². The van der Waals surface area contributed by atoms with Crippen LogP contribution in [0.1, 0.15) is 0 Å². The normalized spacial score (nSPS) is 10.4. The van der Waals surface area contributed by atoms with Gasteiger partial charge in [-0.3, -0.25) is 0 Å². The summed E-state index contributed by atoms with van der Waals surface area (Å²) in [7, 11) is 0. The van der Waals surface area contributed by atoms with Crippen LogP contribution in [0, 0.1) is 0 Å². The van der Waals surface area contributed by atoms with E-state index in [1.54, 1.807) is 12.1 Å². The van der Waals surface area contributed by atoms with E-state index in [-0.39, 0.29) is 42.6 Å². The summed E-state index contributed by atoms with van der Waals surface area (Å²) in [6.07, 6.45) is 0.653. The maximum absolute atomic E-state index is 10.5. The zero-order valence-electron chi connectivity index (χ0n) is 14.2. The summed E-state index contributed by atoms with van der Waals surface area (Å²) in [5, 5.41) is 44.0. The van der Waals surface area contributed by atoms with E-state index in [4.69, 9.17) is 10.2 Å². The number of hydrogen-bond acceptors (Lipinski definition) is 8. The third-order valence-corrected chi connectivity index (χ3v) is 3.72. The first kappa shape index (κ1) is 19.4. The van der Waals surface area contributed by atoms with Crippen LogP contribution in [-0.2, 0) is 4.79 Å². The molecule has 0 aliphatic heterocycles. The molecule has 2 rings (SSSR count). The maximum atomic E-state index is 10.5. The quantitative estimate of drug-likeness (QED) is 0.212. The highest BCUT2D eigenvalue weighted by atomic mass is 16.3. The van der Waals surface area contributed by atoms with Crippen molar-refractivity contribution in [2.45, 2.75) is 0 Å². The Morgan fingerprint density at radius 1 is 0.962 bits per heavy atom. The minimum Gasteiger partial charge on any atom is -0.508 e. The summed E-state index contributed by atoms with van der Waals surface area (Å²) in [5.41, 5.74) is 2.04. The Bertz CT molecular complexity index is 716. The second-order valence-corrected chi connectivity index (χ2v) is 5.54. The van der Waals surface area contributed by atoms with E-state index in [1.165, 1.54) is 12.1 Å². The molecule has 0 aromatic heterocycles. The van der Waals surface area contributed by atoms with Gasteiger partial charge in [-0.25, -0.2) is 0 Å². The number of aliphatic hydroxyl groups is 2. The van der Waals surface area contributed by atoms with Crippen LogP contribution in [0.3, 0.4) is 0 Å². The maximum Gasteiger partial charge on any atom is 0.162 e. The Labute approximate surface area is 151 Å². The number of benzene rings is 2. The number of carbonyl (C=O) groups excluding carboxylic acids is 1. The van der Waals surface area contributed by atoms with Gasteiger partial charge in [-0.2, -0.15) is 0 Å². The molecule has 6 N–H and O–H groups in total. The Balaban J connectivity index is 2.18. The first-order valence-electron chi connectivity index (χ1n) is 8.16. The molecule has 0 spiro atoms. The number of nitrogens with zero attached hydrogens (tertiary/aromatic N) is 1. The largest absolute Gasteiger partial charge is 0.508 e. The van der Waals surface area contributed by atoms with Crippen LogP contribution in [0.15, 0.2) is 36.4 Å². The molecule has 0 heterocycles. The molecule has 0 atom stereocenters. The number of aliphatic hydroxyl groups excluding tert-OH is 2. The molecule has 8 nitrogen and oxygen atoms in total. The number of aldehydes is 1. The number of carbonyl (C=O) groups is 1. The van der Waals surface area contributed by atoms with E-state index in [9.17, 15) is 15.0 Å². The van der Waals surface area contributed by atoms with Gasteiger partial charge in [0, 0.05) is 36.6 Å². The fourth-order valence-electron chi connectivity index (χ4n) is 2.52. The van der Waals surface area contributed by atoms with Crippen molar-refractivity contribution in [1.82, 2.24) is 0 Å². The van der Waals surface area contributed by atoms with E-state index in [1.807, 2.05) is 17.0 Å². The Morgan fingerprint density at radius 2 is 1.58 bits per heavy atom. The van der Waals surface area contributed by atoms with Crippen molar-refractivity contribution in [3.63, 3.8) is 0 Å². The zero-order valence-corrected chi connectivity index (χ0v) is 14.2. The van der Waals surface area contributed by atoms with Gasteiger partial charge in [-0.1, -0.05) is 0 Å². The van der Waals surface area contributed by atoms with Gasteiger partial charge in [0.2, 0.25) is 0 Å². The van der Waals surface area contributed by atoms with E-state index in [0.717, 1.165) is 5.69 Å². The SMILES string of the molecule is O=CCNc1cc(O)cc(Nc2ccc(N(CCO)CCO)cc2)c1O. The first-order chi connectivity index (χ1) is 12.6. The first-order valence-corrected chi connectivity index (χ1v) is 8.16. The van der Waals surface area contributed by atoms with Crippen molar-refractivity contribution < 1.29 is 25.2 Å². The lowest BCUT2D eigenvalue weighted by Crippen LogP contribution is -2.29. The lowest BCUT2D eigenvalue weighted by atomic mass is 10.2. The monoisotopic (exact) mass is 361 g/mol. The highest BCUT2D eigenvalue weighted by Crippen LogP contribution is 2.38. The molecule has 140 valence electrons. The van der Waals surface area contributed by atoms with Crippen LogP contribution in [0.25, 0.3) is 0 Å². The van der Waals surface area contributed by atoms with Crippen LogP contribution in [0.5, 0.6) is 11.5 Å². The van der Waals surface area contributed by atoms with Crippen molar-refractivity contribution in [2.75, 3.05) is 48.4 Å². The summed E-state index contributed by atoms with van der Waals surface area (Å²) in [6.45, 7) is 0.789. The van der Waals surface area contributed by atoms with Crippen molar-refractivity contribution in [3.8, 4) is 11.5 Å². The molecule has 0 bridgehead atoms. The predicted molar refractivity (Wildman–Crippen MR) is 100 cm³/mol. The molecule has 0 saturated carbocycles. The van der Waals surface area contributed by atoms with E-state index < -0.39 is 0 Å². The van der Waals surface area contributed by atoms with Gasteiger partial charge in [0.05, 0.1) is 31.1 Å². The van der Waals surface area contributed by atoms with Crippen LogP contribution < -0.4 is 15.5 Å². The smallest absolute Gasteiger partial charge is 0.162 e. The van der Waals surface area contributed by atoms with Crippen LogP contribution in [-0.4, -0.2) is 59.6 Å². The Kier molecular flexibility index (Phi) is 7.07. The summed E-state index contributed by atoms with van der Waals surface area (Å²) >= 11 is 0. The zero-order chi connectivity index (χ0) is 18.9. The van der Waals surface area contributed by atoms with Gasteiger partial charge in [0.15, 0.2) is 5.75 Å². The van der Waals surface area contributed by atoms with Gasteiger partial charge in [0.25, 0.3) is 0 Å². The average Bonchev–Trinajstić information content (AvgIpc) is 2.63. The molecule has 2 aromatic carbocycles. The lowest BCUT2D eigenvalue weighted by molar-refractivity contribution is -0.106. The number of rotatable bonds is 10. The molecular weight excluding hydrogens is 338 g/mol. The molecule has 26 heavy (non-hydrogen) atoms. The summed E-state index contributed by atoms with van der Waals surface area (Å²) in [4.78, 5) is 12.3. The molecule has 0 amide bonds. The lowest BCUT2D eigenvalue weighted by Gasteiger charge is -2.23. The van der Waals surface area contributed by atoms with Gasteiger partial charge in [0.1, 0.15) is 12.0 Å². The van der Waals surface area contributed by atoms with E-state index in [2.05, 4.69) is 10.6 Å². The third kappa shape index (κ3) is 5.01. The Morgan fingerprint density at radius 3 is 2.15 bits per heavy atom. The molecule has 0 aliphatic rings. The minimum absolute atomic E-state index is 0.0106. The average molecular weight is 361 g/mol. The second kappa shape index (κ2) is 9.50. The number of nitrogens with one attached hydrogen (secondary N) is 2. The van der Waals surface area contributed by atoms with Gasteiger partial charge < -0.3 is 40.8 Å². The molecule has 0 saturated heterocycles. The number of aromatic hydroxyl groups is 2. The standard InChI is InChI=1S/C18H23N3O5/c22-8-5-19-16-11-15(25)12-17(18(16)26)20-13-1-3-14(4-2-13)21(6-9-23)7-10-24/h1-4,8,11-12,19-20,23-26H,5-7,9-10H2. The topological polar surface area (TPSA) is 125 Å². The van der Waals surface area contributed by atoms with Crippen LogP contribution in [0.2, 0.25) is 0 Å². The summed E-state index contributed by atoms with van der Waals surface area (Å²) in [5.74, 6) is -0.178. The highest BCUT2D eigenvalue weighted by Gasteiger charge is 2.11. The van der Waals surface area contributed by atoms with E-state index in [0.29, 0.717) is 25.1 Å². The van der Waals surface area contributed by atoms with Gasteiger partial charge >= 0.3 is 0 Å². The second-order valence-electron chi connectivity index (χ2n) is 5.54. The predicted octanol–water partition coefficient (Wildman–Crippen LogP) is 1.24. The van der Waals surface area contributed by atoms with Crippen molar-refractivity contribution in [2.24, 2.45) is 0 Å². The Hall–Kier alpha value is -2.97. The van der Waals surface area contributed by atoms with Crippen molar-refractivity contribution in [1.29, 1.82) is 0 Å².